The van der Waals surface area contributed by atoms with Gasteiger partial charge in [-0.05, 0) is 32.9 Å². The van der Waals surface area contributed by atoms with Crippen LogP contribution in [0, 0.1) is 0 Å². The van der Waals surface area contributed by atoms with Gasteiger partial charge in [-0.15, -0.1) is 0 Å². The van der Waals surface area contributed by atoms with Crippen molar-refractivity contribution >= 4 is 5.82 Å². The van der Waals surface area contributed by atoms with Gasteiger partial charge in [0, 0.05) is 11.6 Å². The minimum absolute atomic E-state index is 0.116. The van der Waals surface area contributed by atoms with E-state index in [0.717, 1.165) is 31.7 Å². The summed E-state index contributed by atoms with van der Waals surface area (Å²) in [5, 5.41) is 6.81. The lowest BCUT2D eigenvalue weighted by molar-refractivity contribution is 0.363. The molecule has 0 aliphatic carbocycles. The molecule has 2 N–H and O–H groups in total. The van der Waals surface area contributed by atoms with Crippen LogP contribution in [0.2, 0.25) is 0 Å². The maximum atomic E-state index is 5.07. The molecule has 0 bridgehead atoms. The van der Waals surface area contributed by atoms with Crippen LogP contribution in [-0.4, -0.2) is 35.7 Å². The van der Waals surface area contributed by atoms with Gasteiger partial charge in [-0.25, -0.2) is 9.97 Å². The molecule has 0 radical (unpaired) electrons. The van der Waals surface area contributed by atoms with E-state index in [-0.39, 0.29) is 5.54 Å². The zero-order valence-electron chi connectivity index (χ0n) is 9.79. The van der Waals surface area contributed by atoms with Crippen molar-refractivity contribution in [3.63, 3.8) is 0 Å². The van der Waals surface area contributed by atoms with E-state index in [1.807, 2.05) is 6.07 Å². The zero-order valence-corrected chi connectivity index (χ0v) is 9.79. The average Bonchev–Trinajstić information content (AvgIpc) is 2.29. The summed E-state index contributed by atoms with van der Waals surface area (Å²) >= 11 is 0. The largest absolute Gasteiger partial charge is 0.481 e. The Hall–Kier alpha value is -1.36. The topological polar surface area (TPSA) is 59.1 Å². The van der Waals surface area contributed by atoms with Crippen LogP contribution in [0.3, 0.4) is 0 Å². The summed E-state index contributed by atoms with van der Waals surface area (Å²) in [6.45, 7) is 4.32. The van der Waals surface area contributed by atoms with Gasteiger partial charge in [0.25, 0.3) is 0 Å². The first kappa shape index (κ1) is 11.1. The Kier molecular flexibility index (Phi) is 3.24. The molecule has 2 heterocycles. The third kappa shape index (κ3) is 2.61. The van der Waals surface area contributed by atoms with Crippen LogP contribution in [0.4, 0.5) is 5.82 Å². The highest BCUT2D eigenvalue weighted by atomic mass is 16.5. The Bertz CT molecular complexity index is 350. The number of nitrogens with one attached hydrogen (secondary N) is 2. The molecule has 1 aliphatic heterocycles. The molecule has 0 aromatic carbocycles. The van der Waals surface area contributed by atoms with Crippen LogP contribution in [0.15, 0.2) is 12.4 Å². The van der Waals surface area contributed by atoms with E-state index in [1.165, 1.54) is 6.33 Å². The summed E-state index contributed by atoms with van der Waals surface area (Å²) in [5.74, 6) is 1.42. The first-order chi connectivity index (χ1) is 7.72. The van der Waals surface area contributed by atoms with Gasteiger partial charge in [-0.2, -0.15) is 0 Å². The summed E-state index contributed by atoms with van der Waals surface area (Å²) in [5.41, 5.74) is 0.116. The third-order valence-corrected chi connectivity index (χ3v) is 2.99. The highest BCUT2D eigenvalue weighted by Crippen LogP contribution is 2.23. The van der Waals surface area contributed by atoms with Crippen molar-refractivity contribution in [1.82, 2.24) is 15.3 Å². The molecule has 0 amide bonds. The Labute approximate surface area is 95.6 Å². The van der Waals surface area contributed by atoms with E-state index in [1.54, 1.807) is 7.11 Å². The molecule has 0 saturated carbocycles. The number of piperidine rings is 1. The number of rotatable bonds is 3. The molecule has 1 aromatic heterocycles. The smallest absolute Gasteiger partial charge is 0.218 e. The lowest BCUT2D eigenvalue weighted by Crippen LogP contribution is -2.45. The molecule has 16 heavy (non-hydrogen) atoms. The normalized spacial score (nSPS) is 19.1. The Balaban J connectivity index is 2.07. The third-order valence-electron chi connectivity index (χ3n) is 2.99. The molecule has 0 spiro atoms. The Morgan fingerprint density at radius 2 is 2.12 bits per heavy atom. The van der Waals surface area contributed by atoms with E-state index < -0.39 is 0 Å². The summed E-state index contributed by atoms with van der Waals surface area (Å²) in [6.07, 6.45) is 3.71. The van der Waals surface area contributed by atoms with Crippen LogP contribution < -0.4 is 15.4 Å². The van der Waals surface area contributed by atoms with Crippen molar-refractivity contribution in [2.24, 2.45) is 0 Å². The number of ether oxygens (including phenoxy) is 1. The van der Waals surface area contributed by atoms with Crippen LogP contribution in [-0.2, 0) is 0 Å². The van der Waals surface area contributed by atoms with E-state index >= 15 is 0 Å². The van der Waals surface area contributed by atoms with E-state index in [4.69, 9.17) is 4.74 Å². The zero-order chi connectivity index (χ0) is 11.4. The quantitative estimate of drug-likeness (QED) is 0.800. The molecular weight excluding hydrogens is 204 g/mol. The monoisotopic (exact) mass is 222 g/mol. The lowest BCUT2D eigenvalue weighted by Gasteiger charge is -2.35. The van der Waals surface area contributed by atoms with Crippen LogP contribution in [0.5, 0.6) is 5.88 Å². The second-order valence-corrected chi connectivity index (χ2v) is 4.38. The minimum atomic E-state index is 0.116. The van der Waals surface area contributed by atoms with E-state index in [9.17, 15) is 0 Å². The molecule has 88 valence electrons. The molecule has 5 heteroatoms. The maximum absolute atomic E-state index is 5.07. The SMILES string of the molecule is COc1cc(NC2(C)CCNCC2)ncn1. The van der Waals surface area contributed by atoms with Gasteiger partial charge in [0.1, 0.15) is 12.1 Å². The fraction of sp³-hybridized carbons (Fsp3) is 0.636. The first-order valence-electron chi connectivity index (χ1n) is 5.57. The van der Waals surface area contributed by atoms with Crippen LogP contribution in [0.25, 0.3) is 0 Å². The second kappa shape index (κ2) is 4.65. The predicted octanol–water partition coefficient (Wildman–Crippen LogP) is 1.04. The molecule has 1 fully saturated rings. The molecular formula is C11H18N4O. The fourth-order valence-electron chi connectivity index (χ4n) is 1.93. The van der Waals surface area contributed by atoms with Crippen molar-refractivity contribution in [1.29, 1.82) is 0 Å². The van der Waals surface area contributed by atoms with Gasteiger partial charge in [0.05, 0.1) is 7.11 Å². The highest BCUT2D eigenvalue weighted by molar-refractivity contribution is 5.40. The van der Waals surface area contributed by atoms with Gasteiger partial charge in [0.15, 0.2) is 0 Å². The lowest BCUT2D eigenvalue weighted by atomic mass is 9.91. The van der Waals surface area contributed by atoms with Gasteiger partial charge in [-0.3, -0.25) is 0 Å². The van der Waals surface area contributed by atoms with Gasteiger partial charge < -0.3 is 15.4 Å². The summed E-state index contributed by atoms with van der Waals surface area (Å²) in [7, 11) is 1.61. The Morgan fingerprint density at radius 1 is 1.38 bits per heavy atom. The van der Waals surface area contributed by atoms with Crippen LogP contribution >= 0.6 is 0 Å². The number of nitrogens with zero attached hydrogens (tertiary/aromatic N) is 2. The molecule has 1 aromatic rings. The first-order valence-corrected chi connectivity index (χ1v) is 5.57. The average molecular weight is 222 g/mol. The molecule has 1 saturated heterocycles. The maximum Gasteiger partial charge on any atom is 0.218 e. The van der Waals surface area contributed by atoms with Gasteiger partial charge in [0.2, 0.25) is 5.88 Å². The van der Waals surface area contributed by atoms with Gasteiger partial charge >= 0.3 is 0 Å². The summed E-state index contributed by atoms with van der Waals surface area (Å²) < 4.78 is 5.07. The van der Waals surface area contributed by atoms with E-state index in [2.05, 4.69) is 27.5 Å². The number of aromatic nitrogens is 2. The molecule has 5 nitrogen and oxygen atoms in total. The van der Waals surface area contributed by atoms with Crippen molar-refractivity contribution in [2.75, 3.05) is 25.5 Å². The number of hydrogen-bond acceptors (Lipinski definition) is 5. The van der Waals surface area contributed by atoms with Crippen molar-refractivity contribution in [3.8, 4) is 5.88 Å². The van der Waals surface area contributed by atoms with Crippen molar-refractivity contribution < 1.29 is 4.74 Å². The second-order valence-electron chi connectivity index (χ2n) is 4.38. The highest BCUT2D eigenvalue weighted by Gasteiger charge is 2.26. The van der Waals surface area contributed by atoms with Gasteiger partial charge in [-0.1, -0.05) is 0 Å². The number of hydrogen-bond donors (Lipinski definition) is 2. The molecule has 0 unspecified atom stereocenters. The number of methoxy groups -OCH3 is 1. The molecule has 1 aliphatic rings. The fourth-order valence-corrected chi connectivity index (χ4v) is 1.93. The molecule has 0 atom stereocenters. The Morgan fingerprint density at radius 3 is 2.81 bits per heavy atom. The van der Waals surface area contributed by atoms with E-state index in [0.29, 0.717) is 5.88 Å². The molecule has 2 rings (SSSR count). The standard InChI is InChI=1S/C11H18N4O/c1-11(3-5-12-6-4-11)15-9-7-10(16-2)14-8-13-9/h7-8,12H,3-6H2,1-2H3,(H,13,14,15). The minimum Gasteiger partial charge on any atom is -0.481 e. The summed E-state index contributed by atoms with van der Waals surface area (Å²) in [4.78, 5) is 8.19. The van der Waals surface area contributed by atoms with Crippen LogP contribution in [0.1, 0.15) is 19.8 Å². The summed E-state index contributed by atoms with van der Waals surface area (Å²) in [6, 6.07) is 1.83. The number of anilines is 1. The predicted molar refractivity (Wildman–Crippen MR) is 62.7 cm³/mol. The van der Waals surface area contributed by atoms with Crippen molar-refractivity contribution in [3.05, 3.63) is 12.4 Å². The van der Waals surface area contributed by atoms with Crippen molar-refractivity contribution in [2.45, 2.75) is 25.3 Å².